The summed E-state index contributed by atoms with van der Waals surface area (Å²) in [6.07, 6.45) is 6.79. The standard InChI is InChI=1S/C17H33N5O/c1-2-9-21(10-3-1)22-11-6-18-16-17(22,19-7-4-5-8-19)20-12-14-23-15-13-20/h18H,1-16H2. The second-order valence-electron chi connectivity index (χ2n) is 7.38. The minimum atomic E-state index is 0.0376. The summed E-state index contributed by atoms with van der Waals surface area (Å²) < 4.78 is 5.67. The number of piperazine rings is 1. The van der Waals surface area contributed by atoms with Gasteiger partial charge in [-0.25, -0.2) is 10.0 Å². The van der Waals surface area contributed by atoms with Gasteiger partial charge in [0, 0.05) is 58.9 Å². The highest BCUT2D eigenvalue weighted by molar-refractivity contribution is 4.97. The number of hydrogen-bond acceptors (Lipinski definition) is 6. The van der Waals surface area contributed by atoms with Gasteiger partial charge in [0.1, 0.15) is 0 Å². The quantitative estimate of drug-likeness (QED) is 0.809. The molecule has 6 nitrogen and oxygen atoms in total. The highest BCUT2D eigenvalue weighted by Crippen LogP contribution is 2.33. The molecule has 0 saturated carbocycles. The topological polar surface area (TPSA) is 34.2 Å². The van der Waals surface area contributed by atoms with Gasteiger partial charge in [-0.05, 0) is 25.7 Å². The molecule has 4 aliphatic heterocycles. The molecule has 0 aromatic rings. The van der Waals surface area contributed by atoms with E-state index in [9.17, 15) is 0 Å². The lowest BCUT2D eigenvalue weighted by Gasteiger charge is -2.61. The molecule has 0 radical (unpaired) electrons. The fraction of sp³-hybridized carbons (Fsp3) is 1.00. The summed E-state index contributed by atoms with van der Waals surface area (Å²) in [5.41, 5.74) is 0. The van der Waals surface area contributed by atoms with E-state index < -0.39 is 0 Å². The molecule has 0 bridgehead atoms. The fourth-order valence-electron chi connectivity index (χ4n) is 4.94. The predicted octanol–water partition coefficient (Wildman–Crippen LogP) is 0.374. The highest BCUT2D eigenvalue weighted by atomic mass is 16.5. The minimum absolute atomic E-state index is 0.0376. The molecule has 4 heterocycles. The van der Waals surface area contributed by atoms with Crippen molar-refractivity contribution in [2.45, 2.75) is 37.9 Å². The Morgan fingerprint density at radius 3 is 2.09 bits per heavy atom. The molecule has 4 rings (SSSR count). The normalized spacial score (nSPS) is 36.5. The zero-order chi connectivity index (χ0) is 15.5. The van der Waals surface area contributed by atoms with Crippen LogP contribution in [0.15, 0.2) is 0 Å². The number of nitrogens with one attached hydrogen (secondary N) is 1. The van der Waals surface area contributed by atoms with Gasteiger partial charge in [0.15, 0.2) is 5.79 Å². The maximum atomic E-state index is 5.67. The van der Waals surface area contributed by atoms with Gasteiger partial charge in [0.25, 0.3) is 0 Å². The summed E-state index contributed by atoms with van der Waals surface area (Å²) in [6.45, 7) is 12.1. The lowest BCUT2D eigenvalue weighted by Crippen LogP contribution is -2.80. The Labute approximate surface area is 140 Å². The second kappa shape index (κ2) is 7.33. The summed E-state index contributed by atoms with van der Waals surface area (Å²) in [4.78, 5) is 5.47. The van der Waals surface area contributed by atoms with Crippen molar-refractivity contribution in [1.29, 1.82) is 0 Å². The van der Waals surface area contributed by atoms with E-state index in [1.54, 1.807) is 0 Å². The fourth-order valence-corrected chi connectivity index (χ4v) is 4.94. The van der Waals surface area contributed by atoms with Crippen molar-refractivity contribution < 1.29 is 4.74 Å². The Morgan fingerprint density at radius 2 is 1.35 bits per heavy atom. The van der Waals surface area contributed by atoms with Gasteiger partial charge in [-0.3, -0.25) is 9.80 Å². The van der Waals surface area contributed by atoms with Crippen molar-refractivity contribution in [2.24, 2.45) is 0 Å². The summed E-state index contributed by atoms with van der Waals surface area (Å²) in [7, 11) is 0. The molecule has 132 valence electrons. The van der Waals surface area contributed by atoms with E-state index in [-0.39, 0.29) is 5.79 Å². The van der Waals surface area contributed by atoms with Crippen molar-refractivity contribution in [1.82, 2.24) is 25.1 Å². The van der Waals surface area contributed by atoms with Crippen molar-refractivity contribution in [3.8, 4) is 0 Å². The molecule has 1 unspecified atom stereocenters. The Hall–Kier alpha value is -0.240. The number of nitrogens with zero attached hydrogens (tertiary/aromatic N) is 4. The second-order valence-corrected chi connectivity index (χ2v) is 7.38. The van der Waals surface area contributed by atoms with Crippen LogP contribution in [-0.2, 0) is 4.74 Å². The third-order valence-corrected chi connectivity index (χ3v) is 6.08. The van der Waals surface area contributed by atoms with Gasteiger partial charge in [0.2, 0.25) is 0 Å². The molecule has 0 spiro atoms. The molecule has 4 saturated heterocycles. The van der Waals surface area contributed by atoms with Crippen LogP contribution in [0.5, 0.6) is 0 Å². The number of rotatable bonds is 3. The summed E-state index contributed by atoms with van der Waals surface area (Å²) in [6, 6.07) is 0. The molecule has 6 heteroatoms. The van der Waals surface area contributed by atoms with Gasteiger partial charge in [-0.2, -0.15) is 0 Å². The van der Waals surface area contributed by atoms with E-state index in [0.717, 1.165) is 45.9 Å². The lowest BCUT2D eigenvalue weighted by atomic mass is 10.1. The Balaban J connectivity index is 1.64. The monoisotopic (exact) mass is 323 g/mol. The summed E-state index contributed by atoms with van der Waals surface area (Å²) in [5.74, 6) is 0.0376. The molecular formula is C17H33N5O. The molecule has 23 heavy (non-hydrogen) atoms. The molecule has 0 aromatic carbocycles. The minimum Gasteiger partial charge on any atom is -0.379 e. The molecule has 0 aromatic heterocycles. The maximum Gasteiger partial charge on any atom is 0.157 e. The number of hydrogen-bond donors (Lipinski definition) is 1. The van der Waals surface area contributed by atoms with E-state index in [0.29, 0.717) is 0 Å². The van der Waals surface area contributed by atoms with Crippen molar-refractivity contribution in [3.63, 3.8) is 0 Å². The van der Waals surface area contributed by atoms with E-state index in [1.165, 1.54) is 58.3 Å². The average molecular weight is 323 g/mol. The molecule has 0 aliphatic carbocycles. The first-order valence-corrected chi connectivity index (χ1v) is 9.72. The average Bonchev–Trinajstić information content (AvgIpc) is 3.18. The van der Waals surface area contributed by atoms with Crippen molar-refractivity contribution in [3.05, 3.63) is 0 Å². The van der Waals surface area contributed by atoms with E-state index in [1.807, 2.05) is 0 Å². The number of likely N-dealkylation sites (tertiary alicyclic amines) is 1. The molecule has 4 fully saturated rings. The van der Waals surface area contributed by atoms with Crippen LogP contribution in [0, 0.1) is 0 Å². The van der Waals surface area contributed by atoms with Crippen molar-refractivity contribution in [2.75, 3.05) is 72.1 Å². The molecule has 0 amide bonds. The lowest BCUT2D eigenvalue weighted by molar-refractivity contribution is -0.265. The number of morpholine rings is 1. The zero-order valence-corrected chi connectivity index (χ0v) is 14.5. The van der Waals surface area contributed by atoms with Gasteiger partial charge in [-0.1, -0.05) is 6.42 Å². The molecule has 1 N–H and O–H groups in total. The molecule has 1 atom stereocenters. The predicted molar refractivity (Wildman–Crippen MR) is 90.9 cm³/mol. The SMILES string of the molecule is C1CCN(N2CCNCC2(N2CCCC2)N2CCOCC2)CC1. The maximum absolute atomic E-state index is 5.67. The van der Waals surface area contributed by atoms with Crippen LogP contribution in [0.1, 0.15) is 32.1 Å². The highest BCUT2D eigenvalue weighted by Gasteiger charge is 2.51. The van der Waals surface area contributed by atoms with E-state index in [2.05, 4.69) is 25.1 Å². The zero-order valence-electron chi connectivity index (χ0n) is 14.5. The van der Waals surface area contributed by atoms with Crippen LogP contribution in [0.25, 0.3) is 0 Å². The van der Waals surface area contributed by atoms with E-state index in [4.69, 9.17) is 4.74 Å². The first-order chi connectivity index (χ1) is 11.4. The number of hydrazine groups is 1. The van der Waals surface area contributed by atoms with Crippen LogP contribution < -0.4 is 5.32 Å². The third kappa shape index (κ3) is 3.05. The van der Waals surface area contributed by atoms with Gasteiger partial charge >= 0.3 is 0 Å². The van der Waals surface area contributed by atoms with E-state index >= 15 is 0 Å². The smallest absolute Gasteiger partial charge is 0.157 e. The van der Waals surface area contributed by atoms with Crippen LogP contribution in [0.3, 0.4) is 0 Å². The number of piperidine rings is 1. The van der Waals surface area contributed by atoms with Crippen LogP contribution in [-0.4, -0.2) is 97.7 Å². The van der Waals surface area contributed by atoms with Crippen LogP contribution in [0.2, 0.25) is 0 Å². The Morgan fingerprint density at radius 1 is 0.696 bits per heavy atom. The van der Waals surface area contributed by atoms with Gasteiger partial charge < -0.3 is 10.1 Å². The Kier molecular flexibility index (Phi) is 5.18. The summed E-state index contributed by atoms with van der Waals surface area (Å²) >= 11 is 0. The number of ether oxygens (including phenoxy) is 1. The first kappa shape index (κ1) is 16.2. The Bertz CT molecular complexity index is 377. The molecular weight excluding hydrogens is 290 g/mol. The summed E-state index contributed by atoms with van der Waals surface area (Å²) in [5, 5.41) is 9.15. The van der Waals surface area contributed by atoms with Gasteiger partial charge in [0.05, 0.1) is 13.2 Å². The van der Waals surface area contributed by atoms with Crippen LogP contribution in [0.4, 0.5) is 0 Å². The largest absolute Gasteiger partial charge is 0.379 e. The first-order valence-electron chi connectivity index (χ1n) is 9.72. The van der Waals surface area contributed by atoms with Crippen LogP contribution >= 0.6 is 0 Å². The van der Waals surface area contributed by atoms with Crippen molar-refractivity contribution >= 4 is 0 Å². The molecule has 4 aliphatic rings. The third-order valence-electron chi connectivity index (χ3n) is 6.08. The van der Waals surface area contributed by atoms with Gasteiger partial charge in [-0.15, -0.1) is 0 Å².